The number of Topliss-reactive ketones (excluding diaryl/α,β-unsaturated/α-hetero) is 1. The molecule has 0 aliphatic rings. The number of carbonyl (C=O) groups excluding carboxylic acids is 1. The molecule has 0 heterocycles. The SMILES string of the molecule is COc1cc(C(C)=O)ccc1OCC(O)CN(CCO)Cc1ccccc1. The van der Waals surface area contributed by atoms with Crippen LogP contribution in [0.15, 0.2) is 48.5 Å². The van der Waals surface area contributed by atoms with Crippen molar-refractivity contribution in [3.05, 3.63) is 59.7 Å². The van der Waals surface area contributed by atoms with Crippen molar-refractivity contribution in [2.24, 2.45) is 0 Å². The molecule has 0 saturated carbocycles. The maximum absolute atomic E-state index is 11.5. The quantitative estimate of drug-likeness (QED) is 0.588. The predicted octanol–water partition coefficient (Wildman–Crippen LogP) is 2.13. The van der Waals surface area contributed by atoms with Gasteiger partial charge in [0.1, 0.15) is 12.7 Å². The van der Waals surface area contributed by atoms with E-state index >= 15 is 0 Å². The molecule has 0 radical (unpaired) electrons. The van der Waals surface area contributed by atoms with Gasteiger partial charge in [0.25, 0.3) is 0 Å². The van der Waals surface area contributed by atoms with Gasteiger partial charge >= 0.3 is 0 Å². The lowest BCUT2D eigenvalue weighted by Crippen LogP contribution is -2.37. The minimum atomic E-state index is -0.738. The summed E-state index contributed by atoms with van der Waals surface area (Å²) in [6, 6.07) is 14.8. The summed E-state index contributed by atoms with van der Waals surface area (Å²) in [7, 11) is 1.51. The van der Waals surface area contributed by atoms with Crippen molar-refractivity contribution in [3.63, 3.8) is 0 Å². The average Bonchev–Trinajstić information content (AvgIpc) is 2.67. The number of rotatable bonds is 11. The summed E-state index contributed by atoms with van der Waals surface area (Å²) in [4.78, 5) is 13.4. The number of methoxy groups -OCH3 is 1. The van der Waals surface area contributed by atoms with E-state index in [9.17, 15) is 15.0 Å². The second kappa shape index (κ2) is 10.7. The fourth-order valence-electron chi connectivity index (χ4n) is 2.76. The summed E-state index contributed by atoms with van der Waals surface area (Å²) in [5.74, 6) is 0.866. The van der Waals surface area contributed by atoms with E-state index in [-0.39, 0.29) is 19.0 Å². The summed E-state index contributed by atoms with van der Waals surface area (Å²) in [6.45, 7) is 3.04. The molecule has 6 nitrogen and oxygen atoms in total. The molecule has 2 aromatic carbocycles. The highest BCUT2D eigenvalue weighted by atomic mass is 16.5. The Bertz CT molecular complexity index is 720. The summed E-state index contributed by atoms with van der Waals surface area (Å²) in [5, 5.41) is 19.6. The van der Waals surface area contributed by atoms with Crippen LogP contribution in [-0.4, -0.2) is 60.4 Å². The fourth-order valence-corrected chi connectivity index (χ4v) is 2.76. The molecular formula is C21H27NO5. The maximum atomic E-state index is 11.5. The van der Waals surface area contributed by atoms with Crippen molar-refractivity contribution in [1.29, 1.82) is 0 Å². The molecule has 0 saturated heterocycles. The molecule has 1 unspecified atom stereocenters. The second-order valence-electron chi connectivity index (χ2n) is 6.33. The standard InChI is InChI=1S/C21H27NO5/c1-16(24)18-8-9-20(21(12-18)26-2)27-15-19(25)14-22(10-11-23)13-17-6-4-3-5-7-17/h3-9,12,19,23,25H,10-11,13-15H2,1-2H3. The van der Waals surface area contributed by atoms with Crippen LogP contribution in [0.25, 0.3) is 0 Å². The number of benzene rings is 2. The summed E-state index contributed by atoms with van der Waals surface area (Å²) >= 11 is 0. The van der Waals surface area contributed by atoms with Crippen LogP contribution in [-0.2, 0) is 6.54 Å². The van der Waals surface area contributed by atoms with Gasteiger partial charge in [0.2, 0.25) is 0 Å². The second-order valence-corrected chi connectivity index (χ2v) is 6.33. The topological polar surface area (TPSA) is 79.2 Å². The van der Waals surface area contributed by atoms with Crippen LogP contribution in [0, 0.1) is 0 Å². The molecule has 27 heavy (non-hydrogen) atoms. The van der Waals surface area contributed by atoms with E-state index in [0.717, 1.165) is 5.56 Å². The Hall–Kier alpha value is -2.41. The monoisotopic (exact) mass is 373 g/mol. The van der Waals surface area contributed by atoms with Gasteiger partial charge in [0, 0.05) is 25.2 Å². The van der Waals surface area contributed by atoms with E-state index < -0.39 is 6.10 Å². The smallest absolute Gasteiger partial charge is 0.161 e. The summed E-state index contributed by atoms with van der Waals surface area (Å²) in [6.07, 6.45) is -0.738. The van der Waals surface area contributed by atoms with E-state index in [0.29, 0.717) is 36.7 Å². The zero-order chi connectivity index (χ0) is 19.6. The fraction of sp³-hybridized carbons (Fsp3) is 0.381. The number of ether oxygens (including phenoxy) is 2. The Kier molecular flexibility index (Phi) is 8.26. The molecule has 1 atom stereocenters. The van der Waals surface area contributed by atoms with Crippen molar-refractivity contribution in [3.8, 4) is 11.5 Å². The molecule has 0 aliphatic carbocycles. The lowest BCUT2D eigenvalue weighted by molar-refractivity contribution is 0.0581. The zero-order valence-corrected chi connectivity index (χ0v) is 15.8. The first-order valence-electron chi connectivity index (χ1n) is 8.90. The molecular weight excluding hydrogens is 346 g/mol. The van der Waals surface area contributed by atoms with Crippen molar-refractivity contribution in [2.45, 2.75) is 19.6 Å². The minimum Gasteiger partial charge on any atom is -0.493 e. The Balaban J connectivity index is 1.93. The van der Waals surface area contributed by atoms with E-state index in [1.807, 2.05) is 35.2 Å². The minimum absolute atomic E-state index is 0.0146. The number of ketones is 1. The van der Waals surface area contributed by atoms with Crippen LogP contribution in [0.2, 0.25) is 0 Å². The van der Waals surface area contributed by atoms with Crippen molar-refractivity contribution >= 4 is 5.78 Å². The van der Waals surface area contributed by atoms with Gasteiger partial charge in [-0.05, 0) is 30.7 Å². The highest BCUT2D eigenvalue weighted by molar-refractivity contribution is 5.94. The first-order chi connectivity index (χ1) is 13.0. The molecule has 0 fully saturated rings. The Morgan fingerprint density at radius 3 is 2.52 bits per heavy atom. The van der Waals surface area contributed by atoms with Crippen molar-refractivity contribution in [2.75, 3.05) is 33.4 Å². The molecule has 0 spiro atoms. The molecule has 2 rings (SSSR count). The molecule has 146 valence electrons. The van der Waals surface area contributed by atoms with Gasteiger partial charge < -0.3 is 19.7 Å². The van der Waals surface area contributed by atoms with Crippen LogP contribution < -0.4 is 9.47 Å². The Labute approximate surface area is 160 Å². The van der Waals surface area contributed by atoms with E-state index in [1.165, 1.54) is 14.0 Å². The third kappa shape index (κ3) is 6.67. The highest BCUT2D eigenvalue weighted by Gasteiger charge is 2.15. The molecule has 2 N–H and O–H groups in total. The van der Waals surface area contributed by atoms with Crippen molar-refractivity contribution < 1.29 is 24.5 Å². The summed E-state index contributed by atoms with van der Waals surface area (Å²) in [5.41, 5.74) is 1.65. The van der Waals surface area contributed by atoms with Crippen LogP contribution >= 0.6 is 0 Å². The van der Waals surface area contributed by atoms with Gasteiger partial charge in [-0.2, -0.15) is 0 Å². The summed E-state index contributed by atoms with van der Waals surface area (Å²) < 4.78 is 10.9. The third-order valence-electron chi connectivity index (χ3n) is 4.14. The normalized spacial score (nSPS) is 12.0. The van der Waals surface area contributed by atoms with Crippen LogP contribution in [0.5, 0.6) is 11.5 Å². The highest BCUT2D eigenvalue weighted by Crippen LogP contribution is 2.28. The molecule has 0 aliphatic heterocycles. The Morgan fingerprint density at radius 1 is 1.15 bits per heavy atom. The molecule has 0 bridgehead atoms. The zero-order valence-electron chi connectivity index (χ0n) is 15.8. The van der Waals surface area contributed by atoms with E-state index in [4.69, 9.17) is 9.47 Å². The van der Waals surface area contributed by atoms with Gasteiger partial charge in [0.05, 0.1) is 13.7 Å². The first-order valence-corrected chi connectivity index (χ1v) is 8.90. The maximum Gasteiger partial charge on any atom is 0.161 e. The van der Waals surface area contributed by atoms with Crippen LogP contribution in [0.1, 0.15) is 22.8 Å². The molecule has 0 amide bonds. The van der Waals surface area contributed by atoms with Crippen molar-refractivity contribution in [1.82, 2.24) is 4.90 Å². The number of hydrogen-bond donors (Lipinski definition) is 2. The number of carbonyl (C=O) groups is 1. The van der Waals surface area contributed by atoms with E-state index in [1.54, 1.807) is 18.2 Å². The van der Waals surface area contributed by atoms with Gasteiger partial charge in [-0.3, -0.25) is 9.69 Å². The molecule has 2 aromatic rings. The largest absolute Gasteiger partial charge is 0.493 e. The predicted molar refractivity (Wildman–Crippen MR) is 103 cm³/mol. The molecule has 0 aromatic heterocycles. The van der Waals surface area contributed by atoms with Gasteiger partial charge in [-0.15, -0.1) is 0 Å². The average molecular weight is 373 g/mol. The third-order valence-corrected chi connectivity index (χ3v) is 4.14. The number of aliphatic hydroxyl groups is 2. The lowest BCUT2D eigenvalue weighted by atomic mass is 10.1. The lowest BCUT2D eigenvalue weighted by Gasteiger charge is -2.24. The van der Waals surface area contributed by atoms with Gasteiger partial charge in [0.15, 0.2) is 17.3 Å². The number of hydrogen-bond acceptors (Lipinski definition) is 6. The number of nitrogens with zero attached hydrogens (tertiary/aromatic N) is 1. The number of aliphatic hydroxyl groups excluding tert-OH is 2. The van der Waals surface area contributed by atoms with Gasteiger partial charge in [-0.1, -0.05) is 30.3 Å². The van der Waals surface area contributed by atoms with Crippen LogP contribution in [0.3, 0.4) is 0 Å². The van der Waals surface area contributed by atoms with Gasteiger partial charge in [-0.25, -0.2) is 0 Å². The first kappa shape index (κ1) is 20.9. The van der Waals surface area contributed by atoms with E-state index in [2.05, 4.69) is 0 Å². The Morgan fingerprint density at radius 2 is 1.89 bits per heavy atom. The van der Waals surface area contributed by atoms with Crippen LogP contribution in [0.4, 0.5) is 0 Å². The molecule has 6 heteroatoms.